The zero-order valence-corrected chi connectivity index (χ0v) is 13.8. The van der Waals surface area contributed by atoms with Crippen LogP contribution in [0.4, 0.5) is 14.5 Å². The smallest absolute Gasteiger partial charge is 0.227 e. The number of hydrogen-bond acceptors (Lipinski definition) is 2. The van der Waals surface area contributed by atoms with Gasteiger partial charge >= 0.3 is 0 Å². The third-order valence-electron chi connectivity index (χ3n) is 4.34. The summed E-state index contributed by atoms with van der Waals surface area (Å²) < 4.78 is 26.6. The number of aryl methyl sites for hydroxylation is 1. The van der Waals surface area contributed by atoms with E-state index in [0.717, 1.165) is 5.56 Å². The fourth-order valence-corrected chi connectivity index (χ4v) is 2.82. The summed E-state index contributed by atoms with van der Waals surface area (Å²) >= 11 is 0. The third kappa shape index (κ3) is 3.84. The van der Waals surface area contributed by atoms with Crippen LogP contribution in [0.2, 0.25) is 0 Å². The van der Waals surface area contributed by atoms with E-state index in [4.69, 9.17) is 0 Å². The topological polar surface area (TPSA) is 49.4 Å². The number of carbonyl (C=O) groups is 2. The lowest BCUT2D eigenvalue weighted by Crippen LogP contribution is -2.32. The Kier molecular flexibility index (Phi) is 4.79. The molecule has 1 heterocycles. The maximum atomic E-state index is 13.7. The van der Waals surface area contributed by atoms with Gasteiger partial charge in [-0.15, -0.1) is 0 Å². The molecular formula is C19H18F2N2O2. The molecule has 0 spiro atoms. The Balaban J connectivity index is 1.62. The highest BCUT2D eigenvalue weighted by atomic mass is 19.1. The molecule has 25 heavy (non-hydrogen) atoms. The minimum absolute atomic E-state index is 0.0880. The summed E-state index contributed by atoms with van der Waals surface area (Å²) in [6.45, 7) is 2.14. The Bertz CT molecular complexity index is 806. The second-order valence-corrected chi connectivity index (χ2v) is 6.18. The Hall–Kier alpha value is -2.76. The second-order valence-electron chi connectivity index (χ2n) is 6.18. The van der Waals surface area contributed by atoms with Gasteiger partial charge in [0.2, 0.25) is 11.8 Å². The molecule has 0 aliphatic carbocycles. The van der Waals surface area contributed by atoms with Crippen molar-refractivity contribution in [2.45, 2.75) is 19.9 Å². The van der Waals surface area contributed by atoms with Crippen molar-refractivity contribution >= 4 is 17.5 Å². The van der Waals surface area contributed by atoms with Gasteiger partial charge < -0.3 is 10.2 Å². The third-order valence-corrected chi connectivity index (χ3v) is 4.34. The lowest BCUT2D eigenvalue weighted by atomic mass is 10.1. The molecule has 1 saturated heterocycles. The molecule has 0 radical (unpaired) electrons. The highest BCUT2D eigenvalue weighted by Gasteiger charge is 2.35. The van der Waals surface area contributed by atoms with Gasteiger partial charge in [0.25, 0.3) is 0 Å². The molecule has 1 aliphatic heterocycles. The molecule has 4 nitrogen and oxygen atoms in total. The van der Waals surface area contributed by atoms with Crippen LogP contribution in [0, 0.1) is 24.5 Å². The molecule has 1 fully saturated rings. The first-order chi connectivity index (χ1) is 11.9. The normalized spacial score (nSPS) is 17.0. The van der Waals surface area contributed by atoms with Crippen LogP contribution >= 0.6 is 0 Å². The molecule has 0 aromatic heterocycles. The molecule has 1 atom stereocenters. The number of nitrogens with zero attached hydrogens (tertiary/aromatic N) is 1. The van der Waals surface area contributed by atoms with Crippen LogP contribution in [-0.2, 0) is 16.1 Å². The number of benzene rings is 2. The summed E-state index contributed by atoms with van der Waals surface area (Å²) in [4.78, 5) is 25.9. The second kappa shape index (κ2) is 7.01. The summed E-state index contributed by atoms with van der Waals surface area (Å²) in [5.41, 5.74) is 1.74. The predicted molar refractivity (Wildman–Crippen MR) is 89.8 cm³/mol. The first-order valence-corrected chi connectivity index (χ1v) is 8.02. The summed E-state index contributed by atoms with van der Waals surface area (Å²) in [5.74, 6) is -1.65. The zero-order valence-electron chi connectivity index (χ0n) is 13.8. The number of rotatable bonds is 4. The molecule has 1 N–H and O–H groups in total. The minimum Gasteiger partial charge on any atom is -0.352 e. The van der Waals surface area contributed by atoms with Crippen LogP contribution in [-0.4, -0.2) is 18.4 Å². The largest absolute Gasteiger partial charge is 0.352 e. The SMILES string of the molecule is Cc1ccc(N2CC(C(=O)NCc3ccc(F)cc3)CC2=O)cc1F. The average Bonchev–Trinajstić information content (AvgIpc) is 2.98. The summed E-state index contributed by atoms with van der Waals surface area (Å²) in [6, 6.07) is 10.4. The van der Waals surface area contributed by atoms with E-state index >= 15 is 0 Å². The van der Waals surface area contributed by atoms with Crippen molar-refractivity contribution < 1.29 is 18.4 Å². The molecule has 0 bridgehead atoms. The Morgan fingerprint density at radius 3 is 2.60 bits per heavy atom. The number of halogens is 2. The molecule has 2 aromatic rings. The fourth-order valence-electron chi connectivity index (χ4n) is 2.82. The monoisotopic (exact) mass is 344 g/mol. The summed E-state index contributed by atoms with van der Waals surface area (Å²) in [7, 11) is 0. The molecule has 2 amide bonds. The van der Waals surface area contributed by atoms with Gasteiger partial charge in [-0.05, 0) is 42.3 Å². The van der Waals surface area contributed by atoms with Crippen molar-refractivity contribution in [2.75, 3.05) is 11.4 Å². The Morgan fingerprint density at radius 1 is 1.20 bits per heavy atom. The van der Waals surface area contributed by atoms with E-state index in [1.807, 2.05) is 0 Å². The Morgan fingerprint density at radius 2 is 1.92 bits per heavy atom. The minimum atomic E-state index is -0.489. The van der Waals surface area contributed by atoms with Gasteiger partial charge in [0.1, 0.15) is 11.6 Å². The predicted octanol–water partition coefficient (Wildman–Crippen LogP) is 2.94. The number of carbonyl (C=O) groups excluding carboxylic acids is 2. The first kappa shape index (κ1) is 17.1. The van der Waals surface area contributed by atoms with Crippen LogP contribution < -0.4 is 10.2 Å². The maximum absolute atomic E-state index is 13.7. The highest BCUT2D eigenvalue weighted by molar-refractivity contribution is 6.00. The van der Waals surface area contributed by atoms with Crippen LogP contribution in [0.15, 0.2) is 42.5 Å². The molecule has 6 heteroatoms. The summed E-state index contributed by atoms with van der Waals surface area (Å²) in [6.07, 6.45) is 0.0880. The van der Waals surface area contributed by atoms with Crippen LogP contribution in [0.5, 0.6) is 0 Å². The molecule has 0 saturated carbocycles. The lowest BCUT2D eigenvalue weighted by Gasteiger charge is -2.17. The van der Waals surface area contributed by atoms with E-state index < -0.39 is 5.92 Å². The Labute approximate surface area is 144 Å². The van der Waals surface area contributed by atoms with Crippen molar-refractivity contribution in [3.8, 4) is 0 Å². The number of amides is 2. The molecule has 1 aliphatic rings. The first-order valence-electron chi connectivity index (χ1n) is 8.02. The molecule has 2 aromatic carbocycles. The lowest BCUT2D eigenvalue weighted by molar-refractivity contribution is -0.126. The van der Waals surface area contributed by atoms with Crippen LogP contribution in [0.3, 0.4) is 0 Å². The van der Waals surface area contributed by atoms with Gasteiger partial charge in [0.15, 0.2) is 0 Å². The van der Waals surface area contributed by atoms with Gasteiger partial charge in [-0.2, -0.15) is 0 Å². The van der Waals surface area contributed by atoms with Crippen molar-refractivity contribution in [1.82, 2.24) is 5.32 Å². The van der Waals surface area contributed by atoms with E-state index in [0.29, 0.717) is 11.3 Å². The maximum Gasteiger partial charge on any atom is 0.227 e. The quantitative estimate of drug-likeness (QED) is 0.927. The van der Waals surface area contributed by atoms with Crippen LogP contribution in [0.1, 0.15) is 17.5 Å². The average molecular weight is 344 g/mol. The molecule has 130 valence electrons. The molecule has 1 unspecified atom stereocenters. The van der Waals surface area contributed by atoms with Gasteiger partial charge in [-0.1, -0.05) is 18.2 Å². The number of nitrogens with one attached hydrogen (secondary N) is 1. The van der Waals surface area contributed by atoms with Gasteiger partial charge in [0, 0.05) is 25.2 Å². The van der Waals surface area contributed by atoms with Crippen molar-refractivity contribution in [3.05, 3.63) is 65.2 Å². The molecular weight excluding hydrogens is 326 g/mol. The number of anilines is 1. The van der Waals surface area contributed by atoms with E-state index in [1.165, 1.54) is 23.1 Å². The van der Waals surface area contributed by atoms with Crippen molar-refractivity contribution in [2.24, 2.45) is 5.92 Å². The van der Waals surface area contributed by atoms with Gasteiger partial charge in [-0.3, -0.25) is 9.59 Å². The standard InChI is InChI=1S/C19H18F2N2O2/c1-12-2-7-16(9-17(12)21)23-11-14(8-18(23)24)19(25)22-10-13-3-5-15(20)6-4-13/h2-7,9,14H,8,10-11H2,1H3,(H,22,25). The van der Waals surface area contributed by atoms with E-state index in [9.17, 15) is 18.4 Å². The van der Waals surface area contributed by atoms with Crippen molar-refractivity contribution in [1.29, 1.82) is 0 Å². The van der Waals surface area contributed by atoms with E-state index in [-0.39, 0.29) is 43.0 Å². The summed E-state index contributed by atoms with van der Waals surface area (Å²) in [5, 5.41) is 2.76. The van der Waals surface area contributed by atoms with E-state index in [2.05, 4.69) is 5.32 Å². The fraction of sp³-hybridized carbons (Fsp3) is 0.263. The molecule has 3 rings (SSSR count). The highest BCUT2D eigenvalue weighted by Crippen LogP contribution is 2.26. The van der Waals surface area contributed by atoms with Crippen LogP contribution in [0.25, 0.3) is 0 Å². The van der Waals surface area contributed by atoms with Gasteiger partial charge in [-0.25, -0.2) is 8.78 Å². The van der Waals surface area contributed by atoms with E-state index in [1.54, 1.807) is 31.2 Å². The van der Waals surface area contributed by atoms with Crippen molar-refractivity contribution in [3.63, 3.8) is 0 Å². The zero-order chi connectivity index (χ0) is 18.0. The van der Waals surface area contributed by atoms with Gasteiger partial charge in [0.05, 0.1) is 5.92 Å². The number of hydrogen-bond donors (Lipinski definition) is 1.